The Morgan fingerprint density at radius 2 is 1.85 bits per heavy atom. The summed E-state index contributed by atoms with van der Waals surface area (Å²) < 4.78 is 5.93. The summed E-state index contributed by atoms with van der Waals surface area (Å²) in [7, 11) is 0. The molecule has 1 atom stereocenters. The first-order valence-electron chi connectivity index (χ1n) is 8.02. The lowest BCUT2D eigenvalue weighted by Gasteiger charge is -2.21. The number of allylic oxidation sites excluding steroid dienone is 2. The molecule has 1 unspecified atom stereocenters. The molecule has 0 bridgehead atoms. The van der Waals surface area contributed by atoms with E-state index in [0.29, 0.717) is 5.92 Å². The number of ether oxygens (including phenoxy) is 1. The summed E-state index contributed by atoms with van der Waals surface area (Å²) in [6, 6.07) is 4.54. The molecule has 0 radical (unpaired) electrons. The van der Waals surface area contributed by atoms with Gasteiger partial charge in [-0.1, -0.05) is 50.1 Å². The van der Waals surface area contributed by atoms with Crippen LogP contribution in [-0.2, 0) is 0 Å². The third-order valence-corrected chi connectivity index (χ3v) is 3.64. The van der Waals surface area contributed by atoms with Gasteiger partial charge in [0.05, 0.1) is 6.61 Å². The van der Waals surface area contributed by atoms with Crippen LogP contribution < -0.4 is 4.74 Å². The van der Waals surface area contributed by atoms with Gasteiger partial charge >= 0.3 is 0 Å². The Balaban J connectivity index is 3.12. The van der Waals surface area contributed by atoms with Crippen LogP contribution in [0.4, 0.5) is 0 Å². The van der Waals surface area contributed by atoms with E-state index >= 15 is 0 Å². The van der Waals surface area contributed by atoms with Crippen molar-refractivity contribution in [2.45, 2.75) is 66.2 Å². The summed E-state index contributed by atoms with van der Waals surface area (Å²) in [4.78, 5) is 0. The maximum absolute atomic E-state index is 5.93. The van der Waals surface area contributed by atoms with Crippen molar-refractivity contribution in [2.75, 3.05) is 6.61 Å². The Morgan fingerprint density at radius 1 is 1.10 bits per heavy atom. The highest BCUT2D eigenvalue weighted by atomic mass is 16.5. The van der Waals surface area contributed by atoms with Crippen molar-refractivity contribution >= 4 is 0 Å². The van der Waals surface area contributed by atoms with E-state index in [9.17, 15) is 0 Å². The van der Waals surface area contributed by atoms with Crippen molar-refractivity contribution in [3.63, 3.8) is 0 Å². The zero-order valence-corrected chi connectivity index (χ0v) is 13.8. The highest BCUT2D eigenvalue weighted by Gasteiger charge is 2.17. The maximum Gasteiger partial charge on any atom is 0.125 e. The molecule has 0 aliphatic rings. The van der Waals surface area contributed by atoms with Gasteiger partial charge in [-0.15, -0.1) is 0 Å². The maximum atomic E-state index is 5.93. The van der Waals surface area contributed by atoms with Crippen molar-refractivity contribution < 1.29 is 4.74 Å². The average Bonchev–Trinajstić information content (AvgIpc) is 2.41. The lowest BCUT2D eigenvalue weighted by atomic mass is 9.88. The van der Waals surface area contributed by atoms with Gasteiger partial charge in [0.1, 0.15) is 5.75 Å². The molecule has 1 nitrogen and oxygen atoms in total. The fourth-order valence-electron chi connectivity index (χ4n) is 2.81. The standard InChI is InChI=1S/C19H30O/c1-6-9-10-12-17(11-7-2)18-14-15(4)13-16(5)19(18)20-8-3/h9-10,13-14,17H,6-8,11-12H2,1-5H3/b10-9-. The molecule has 20 heavy (non-hydrogen) atoms. The molecule has 0 saturated carbocycles. The first-order valence-corrected chi connectivity index (χ1v) is 8.02. The van der Waals surface area contributed by atoms with Gasteiger partial charge in [-0.25, -0.2) is 0 Å². The van der Waals surface area contributed by atoms with Crippen LogP contribution in [0.3, 0.4) is 0 Å². The zero-order valence-electron chi connectivity index (χ0n) is 13.8. The Kier molecular flexibility index (Phi) is 7.43. The fourth-order valence-corrected chi connectivity index (χ4v) is 2.81. The van der Waals surface area contributed by atoms with Crippen molar-refractivity contribution in [3.8, 4) is 5.75 Å². The predicted molar refractivity (Wildman–Crippen MR) is 88.8 cm³/mol. The first-order chi connectivity index (χ1) is 9.63. The normalized spacial score (nSPS) is 12.8. The molecule has 112 valence electrons. The SMILES string of the molecule is CC/C=C\CC(CCC)c1cc(C)cc(C)c1OCC. The van der Waals surface area contributed by atoms with Crippen LogP contribution in [-0.4, -0.2) is 6.61 Å². The monoisotopic (exact) mass is 274 g/mol. The minimum absolute atomic E-state index is 0.572. The predicted octanol–water partition coefficient (Wildman–Crippen LogP) is 5.94. The Morgan fingerprint density at radius 3 is 2.45 bits per heavy atom. The van der Waals surface area contributed by atoms with Gasteiger partial charge in [-0.05, 0) is 57.1 Å². The molecule has 0 aliphatic carbocycles. The Bertz CT molecular complexity index is 432. The smallest absolute Gasteiger partial charge is 0.125 e. The van der Waals surface area contributed by atoms with E-state index in [2.05, 4.69) is 58.9 Å². The van der Waals surface area contributed by atoms with E-state index in [-0.39, 0.29) is 0 Å². The van der Waals surface area contributed by atoms with Crippen LogP contribution in [0.1, 0.15) is 69.1 Å². The van der Waals surface area contributed by atoms with Gasteiger partial charge in [0.15, 0.2) is 0 Å². The largest absolute Gasteiger partial charge is 0.493 e. The second-order valence-electron chi connectivity index (χ2n) is 5.53. The second-order valence-corrected chi connectivity index (χ2v) is 5.53. The molecule has 1 aromatic rings. The summed E-state index contributed by atoms with van der Waals surface area (Å²) >= 11 is 0. The number of rotatable bonds is 8. The topological polar surface area (TPSA) is 9.23 Å². The first kappa shape index (κ1) is 16.8. The molecule has 0 fully saturated rings. The van der Waals surface area contributed by atoms with Crippen LogP contribution in [0.5, 0.6) is 5.75 Å². The molecule has 1 aromatic carbocycles. The minimum Gasteiger partial charge on any atom is -0.493 e. The van der Waals surface area contributed by atoms with E-state index in [1.807, 2.05) is 0 Å². The van der Waals surface area contributed by atoms with E-state index < -0.39 is 0 Å². The average molecular weight is 274 g/mol. The van der Waals surface area contributed by atoms with E-state index in [4.69, 9.17) is 4.74 Å². The van der Waals surface area contributed by atoms with E-state index in [0.717, 1.165) is 25.2 Å². The van der Waals surface area contributed by atoms with Gasteiger partial charge in [0, 0.05) is 0 Å². The fraction of sp³-hybridized carbons (Fsp3) is 0.579. The van der Waals surface area contributed by atoms with Crippen molar-refractivity contribution in [3.05, 3.63) is 41.0 Å². The highest BCUT2D eigenvalue weighted by Crippen LogP contribution is 2.36. The van der Waals surface area contributed by atoms with Crippen LogP contribution in [0.15, 0.2) is 24.3 Å². The molecule has 0 aliphatic heterocycles. The number of hydrogen-bond donors (Lipinski definition) is 0. The van der Waals surface area contributed by atoms with Crippen LogP contribution in [0.2, 0.25) is 0 Å². The third kappa shape index (κ3) is 4.70. The van der Waals surface area contributed by atoms with Crippen molar-refractivity contribution in [1.29, 1.82) is 0 Å². The second kappa shape index (κ2) is 8.84. The Labute approximate surface area is 125 Å². The molecule has 0 saturated heterocycles. The molecule has 0 N–H and O–H groups in total. The van der Waals surface area contributed by atoms with Crippen molar-refractivity contribution in [1.82, 2.24) is 0 Å². The molecular formula is C19H30O. The van der Waals surface area contributed by atoms with Crippen LogP contribution in [0, 0.1) is 13.8 Å². The third-order valence-electron chi connectivity index (χ3n) is 3.64. The van der Waals surface area contributed by atoms with E-state index in [1.165, 1.54) is 29.5 Å². The summed E-state index contributed by atoms with van der Waals surface area (Å²) in [5, 5.41) is 0. The summed E-state index contributed by atoms with van der Waals surface area (Å²) in [5.74, 6) is 1.68. The number of hydrogen-bond acceptors (Lipinski definition) is 1. The van der Waals surface area contributed by atoms with E-state index in [1.54, 1.807) is 0 Å². The molecule has 0 spiro atoms. The molecule has 0 aromatic heterocycles. The van der Waals surface area contributed by atoms with Gasteiger partial charge in [-0.2, -0.15) is 0 Å². The van der Waals surface area contributed by atoms with Crippen LogP contribution in [0.25, 0.3) is 0 Å². The van der Waals surface area contributed by atoms with Gasteiger partial charge < -0.3 is 4.74 Å². The lowest BCUT2D eigenvalue weighted by Crippen LogP contribution is -2.05. The zero-order chi connectivity index (χ0) is 15.0. The molecule has 0 heterocycles. The lowest BCUT2D eigenvalue weighted by molar-refractivity contribution is 0.330. The number of aryl methyl sites for hydroxylation is 2. The summed E-state index contributed by atoms with van der Waals surface area (Å²) in [6.07, 6.45) is 9.26. The molecule has 0 amide bonds. The quantitative estimate of drug-likeness (QED) is 0.533. The highest BCUT2D eigenvalue weighted by molar-refractivity contribution is 5.46. The molecule has 1 rings (SSSR count). The van der Waals surface area contributed by atoms with Crippen LogP contribution >= 0.6 is 0 Å². The van der Waals surface area contributed by atoms with Crippen molar-refractivity contribution in [2.24, 2.45) is 0 Å². The van der Waals surface area contributed by atoms with Gasteiger partial charge in [-0.3, -0.25) is 0 Å². The minimum atomic E-state index is 0.572. The van der Waals surface area contributed by atoms with Gasteiger partial charge in [0.2, 0.25) is 0 Å². The molecule has 1 heteroatoms. The molecular weight excluding hydrogens is 244 g/mol. The summed E-state index contributed by atoms with van der Waals surface area (Å²) in [5.41, 5.74) is 4.00. The number of benzene rings is 1. The van der Waals surface area contributed by atoms with Gasteiger partial charge in [0.25, 0.3) is 0 Å². The Hall–Kier alpha value is -1.24. The summed E-state index contributed by atoms with van der Waals surface area (Å²) in [6.45, 7) is 11.6.